The Hall–Kier alpha value is -2.84. The minimum atomic E-state index is -0.267. The van der Waals surface area contributed by atoms with Crippen LogP contribution in [-0.2, 0) is 9.59 Å². The number of benzene rings is 2. The number of ether oxygens (including phenoxy) is 1. The number of hydrogen-bond donors (Lipinski definition) is 2. The number of nitrogens with zero attached hydrogens (tertiary/aromatic N) is 1. The first kappa shape index (κ1) is 20.9. The van der Waals surface area contributed by atoms with Crippen LogP contribution in [0.5, 0.6) is 11.5 Å². The normalized spacial score (nSPS) is 15.1. The number of thiocarbonyl (C=S) groups is 1. The summed E-state index contributed by atoms with van der Waals surface area (Å²) < 4.78 is 5.76. The van der Waals surface area contributed by atoms with Gasteiger partial charge in [0.15, 0.2) is 0 Å². The summed E-state index contributed by atoms with van der Waals surface area (Å²) in [6.07, 6.45) is 1.72. The van der Waals surface area contributed by atoms with Crippen molar-refractivity contribution in [3.05, 3.63) is 59.0 Å². The van der Waals surface area contributed by atoms with E-state index in [9.17, 15) is 14.7 Å². The highest BCUT2D eigenvalue weighted by Gasteiger charge is 2.32. The molecule has 2 amide bonds. The number of carbonyl (C=O) groups excluding carboxylic acids is 2. The third kappa shape index (κ3) is 5.36. The number of anilines is 1. The van der Waals surface area contributed by atoms with E-state index in [1.807, 2.05) is 6.92 Å². The summed E-state index contributed by atoms with van der Waals surface area (Å²) in [5, 5.41) is 12.7. The van der Waals surface area contributed by atoms with Crippen LogP contribution in [0, 0.1) is 0 Å². The minimum Gasteiger partial charge on any atom is -0.507 e. The van der Waals surface area contributed by atoms with Gasteiger partial charge in [-0.2, -0.15) is 0 Å². The second-order valence-electron chi connectivity index (χ2n) is 6.15. The SMILES string of the molecule is CCOc1ccc(NC(=O)CCN2C(=O)/C(=C/c3ccccc3O)SC2=S)cc1. The van der Waals surface area contributed by atoms with Crippen LogP contribution in [-0.4, -0.2) is 39.3 Å². The predicted molar refractivity (Wildman–Crippen MR) is 119 cm³/mol. The summed E-state index contributed by atoms with van der Waals surface area (Å²) >= 11 is 6.44. The molecular formula is C21H20N2O4S2. The molecule has 1 fully saturated rings. The van der Waals surface area contributed by atoms with Crippen molar-refractivity contribution in [1.29, 1.82) is 0 Å². The molecule has 0 bridgehead atoms. The Kier molecular flexibility index (Phi) is 6.90. The molecule has 3 rings (SSSR count). The first-order valence-corrected chi connectivity index (χ1v) is 10.3. The Morgan fingerprint density at radius 2 is 1.97 bits per heavy atom. The second kappa shape index (κ2) is 9.58. The summed E-state index contributed by atoms with van der Waals surface area (Å²) in [4.78, 5) is 26.7. The Balaban J connectivity index is 1.57. The number of aromatic hydroxyl groups is 1. The maximum atomic E-state index is 12.6. The zero-order valence-electron chi connectivity index (χ0n) is 15.8. The second-order valence-corrected chi connectivity index (χ2v) is 7.82. The van der Waals surface area contributed by atoms with E-state index in [4.69, 9.17) is 17.0 Å². The first-order chi connectivity index (χ1) is 14.0. The molecule has 2 aromatic carbocycles. The molecule has 29 heavy (non-hydrogen) atoms. The molecule has 2 aromatic rings. The van der Waals surface area contributed by atoms with Gasteiger partial charge < -0.3 is 15.2 Å². The van der Waals surface area contributed by atoms with Crippen LogP contribution in [0.3, 0.4) is 0 Å². The van der Waals surface area contributed by atoms with E-state index in [1.54, 1.807) is 54.6 Å². The number of phenols is 1. The number of thioether (sulfide) groups is 1. The van der Waals surface area contributed by atoms with Crippen molar-refractivity contribution in [3.8, 4) is 11.5 Å². The number of amides is 2. The standard InChI is InChI=1S/C21H20N2O4S2/c1-2-27-16-9-7-15(8-10-16)22-19(25)11-12-23-20(26)18(29-21(23)28)13-14-5-3-4-6-17(14)24/h3-10,13,24H,2,11-12H2,1H3,(H,22,25)/b18-13-. The van der Waals surface area contributed by atoms with Crippen LogP contribution in [0.1, 0.15) is 18.9 Å². The van der Waals surface area contributed by atoms with E-state index in [2.05, 4.69) is 5.32 Å². The third-order valence-electron chi connectivity index (χ3n) is 4.11. The molecule has 1 heterocycles. The average molecular weight is 429 g/mol. The van der Waals surface area contributed by atoms with E-state index in [-0.39, 0.29) is 30.5 Å². The van der Waals surface area contributed by atoms with Crippen molar-refractivity contribution in [3.63, 3.8) is 0 Å². The lowest BCUT2D eigenvalue weighted by atomic mass is 10.2. The van der Waals surface area contributed by atoms with Crippen LogP contribution in [0.2, 0.25) is 0 Å². The van der Waals surface area contributed by atoms with Gasteiger partial charge in [0.25, 0.3) is 5.91 Å². The Labute approximate surface area is 178 Å². The van der Waals surface area contributed by atoms with E-state index in [0.29, 0.717) is 27.1 Å². The van der Waals surface area contributed by atoms with Gasteiger partial charge in [-0.15, -0.1) is 0 Å². The molecule has 8 heteroatoms. The number of rotatable bonds is 7. The molecule has 0 radical (unpaired) electrons. The van der Waals surface area contributed by atoms with Crippen LogP contribution in [0.25, 0.3) is 6.08 Å². The lowest BCUT2D eigenvalue weighted by Gasteiger charge is -2.14. The molecule has 0 atom stereocenters. The highest BCUT2D eigenvalue weighted by Crippen LogP contribution is 2.34. The van der Waals surface area contributed by atoms with Crippen LogP contribution < -0.4 is 10.1 Å². The molecule has 0 aliphatic carbocycles. The molecular weight excluding hydrogens is 408 g/mol. The van der Waals surface area contributed by atoms with E-state index in [1.165, 1.54) is 4.90 Å². The summed E-state index contributed by atoms with van der Waals surface area (Å²) in [5.74, 6) is 0.344. The summed E-state index contributed by atoms with van der Waals surface area (Å²) in [6.45, 7) is 2.67. The summed E-state index contributed by atoms with van der Waals surface area (Å²) in [5.41, 5.74) is 1.20. The fraction of sp³-hybridized carbons (Fsp3) is 0.190. The van der Waals surface area contributed by atoms with Gasteiger partial charge in [0.05, 0.1) is 11.5 Å². The predicted octanol–water partition coefficient (Wildman–Crippen LogP) is 4.02. The number of carbonyl (C=O) groups is 2. The van der Waals surface area contributed by atoms with Gasteiger partial charge >= 0.3 is 0 Å². The molecule has 0 aromatic heterocycles. The quantitative estimate of drug-likeness (QED) is 0.512. The zero-order valence-corrected chi connectivity index (χ0v) is 17.4. The van der Waals surface area contributed by atoms with Gasteiger partial charge in [0.2, 0.25) is 5.91 Å². The molecule has 150 valence electrons. The van der Waals surface area contributed by atoms with Gasteiger partial charge in [-0.25, -0.2) is 0 Å². The van der Waals surface area contributed by atoms with E-state index in [0.717, 1.165) is 17.5 Å². The molecule has 0 spiro atoms. The first-order valence-electron chi connectivity index (χ1n) is 9.04. The van der Waals surface area contributed by atoms with Crippen molar-refractivity contribution in [2.45, 2.75) is 13.3 Å². The molecule has 1 aliphatic rings. The molecule has 0 saturated carbocycles. The van der Waals surface area contributed by atoms with Gasteiger partial charge in [-0.05, 0) is 43.3 Å². The largest absolute Gasteiger partial charge is 0.507 e. The topological polar surface area (TPSA) is 78.9 Å². The fourth-order valence-electron chi connectivity index (χ4n) is 2.68. The maximum absolute atomic E-state index is 12.6. The maximum Gasteiger partial charge on any atom is 0.266 e. The number of nitrogens with one attached hydrogen (secondary N) is 1. The van der Waals surface area contributed by atoms with Gasteiger partial charge in [-0.1, -0.05) is 42.2 Å². The van der Waals surface area contributed by atoms with Crippen molar-refractivity contribution in [1.82, 2.24) is 4.90 Å². The Bertz CT molecular complexity index is 957. The smallest absolute Gasteiger partial charge is 0.266 e. The van der Waals surface area contributed by atoms with E-state index < -0.39 is 0 Å². The van der Waals surface area contributed by atoms with Gasteiger partial charge in [-0.3, -0.25) is 14.5 Å². The van der Waals surface area contributed by atoms with Crippen LogP contribution >= 0.6 is 24.0 Å². The van der Waals surface area contributed by atoms with E-state index >= 15 is 0 Å². The number of hydrogen-bond acceptors (Lipinski definition) is 6. The lowest BCUT2D eigenvalue weighted by molar-refractivity contribution is -0.122. The van der Waals surface area contributed by atoms with Crippen molar-refractivity contribution < 1.29 is 19.4 Å². The zero-order chi connectivity index (χ0) is 20.8. The molecule has 6 nitrogen and oxygen atoms in total. The van der Waals surface area contributed by atoms with Crippen LogP contribution in [0.15, 0.2) is 53.4 Å². The van der Waals surface area contributed by atoms with Crippen molar-refractivity contribution in [2.24, 2.45) is 0 Å². The molecule has 2 N–H and O–H groups in total. The van der Waals surface area contributed by atoms with Crippen LogP contribution in [0.4, 0.5) is 5.69 Å². The molecule has 1 aliphatic heterocycles. The minimum absolute atomic E-state index is 0.0903. The highest BCUT2D eigenvalue weighted by molar-refractivity contribution is 8.26. The monoisotopic (exact) mass is 428 g/mol. The van der Waals surface area contributed by atoms with Gasteiger partial charge in [0.1, 0.15) is 15.8 Å². The van der Waals surface area contributed by atoms with Crippen molar-refractivity contribution >= 4 is 51.9 Å². The van der Waals surface area contributed by atoms with Gasteiger partial charge in [0, 0.05) is 24.2 Å². The average Bonchev–Trinajstić information content (AvgIpc) is 2.96. The van der Waals surface area contributed by atoms with Crippen molar-refractivity contribution in [2.75, 3.05) is 18.5 Å². The fourth-order valence-corrected chi connectivity index (χ4v) is 3.98. The number of para-hydroxylation sites is 1. The highest BCUT2D eigenvalue weighted by atomic mass is 32.2. The molecule has 0 unspecified atom stereocenters. The third-order valence-corrected chi connectivity index (χ3v) is 5.49. The summed E-state index contributed by atoms with van der Waals surface area (Å²) in [7, 11) is 0. The summed E-state index contributed by atoms with van der Waals surface area (Å²) in [6, 6.07) is 13.8. The number of phenolic OH excluding ortho intramolecular Hbond substituents is 1. The Morgan fingerprint density at radius 1 is 1.24 bits per heavy atom. The lowest BCUT2D eigenvalue weighted by Crippen LogP contribution is -2.31. The Morgan fingerprint density at radius 3 is 2.66 bits per heavy atom. The molecule has 1 saturated heterocycles.